The van der Waals surface area contributed by atoms with Gasteiger partial charge >= 0.3 is 5.97 Å². The number of ketones is 1. The van der Waals surface area contributed by atoms with E-state index in [1.807, 2.05) is 6.07 Å². The van der Waals surface area contributed by atoms with Crippen molar-refractivity contribution >= 4 is 11.8 Å². The first kappa shape index (κ1) is 12.0. The van der Waals surface area contributed by atoms with Crippen LogP contribution in [0.1, 0.15) is 23.0 Å². The predicted octanol–water partition coefficient (Wildman–Crippen LogP) is 1.91. The van der Waals surface area contributed by atoms with Crippen molar-refractivity contribution in [2.24, 2.45) is 0 Å². The maximum absolute atomic E-state index is 11.3. The minimum absolute atomic E-state index is 0.0193. The summed E-state index contributed by atoms with van der Waals surface area (Å²) >= 11 is 0. The Kier molecular flexibility index (Phi) is 3.23. The number of carbonyl (C=O) groups excluding carboxylic acids is 1. The fraction of sp³-hybridized carbons (Fsp3) is 0.154. The second-order valence-electron chi connectivity index (χ2n) is 3.96. The number of imidazole rings is 1. The molecular weight excluding hydrogens is 232 g/mol. The van der Waals surface area contributed by atoms with E-state index in [4.69, 9.17) is 5.11 Å². The highest BCUT2D eigenvalue weighted by molar-refractivity contribution is 5.95. The van der Waals surface area contributed by atoms with Gasteiger partial charge in [-0.15, -0.1) is 0 Å². The van der Waals surface area contributed by atoms with Gasteiger partial charge in [-0.2, -0.15) is 0 Å². The molecule has 5 nitrogen and oxygen atoms in total. The molecule has 2 rings (SSSR count). The van der Waals surface area contributed by atoms with E-state index in [9.17, 15) is 9.59 Å². The van der Waals surface area contributed by atoms with Crippen LogP contribution in [-0.4, -0.2) is 26.8 Å². The number of rotatable bonds is 4. The van der Waals surface area contributed by atoms with E-state index in [1.165, 1.54) is 13.1 Å². The van der Waals surface area contributed by atoms with Crippen LogP contribution in [0.3, 0.4) is 0 Å². The number of nitrogens with one attached hydrogen (secondary N) is 1. The number of benzene rings is 1. The zero-order chi connectivity index (χ0) is 13.1. The fourth-order valence-electron chi connectivity index (χ4n) is 1.64. The molecule has 92 valence electrons. The number of aliphatic carboxylic acids is 1. The Labute approximate surface area is 103 Å². The molecule has 5 heteroatoms. The van der Waals surface area contributed by atoms with Crippen molar-refractivity contribution in [3.8, 4) is 11.4 Å². The van der Waals surface area contributed by atoms with E-state index < -0.39 is 5.97 Å². The Morgan fingerprint density at radius 1 is 1.39 bits per heavy atom. The van der Waals surface area contributed by atoms with Crippen molar-refractivity contribution in [2.45, 2.75) is 13.3 Å². The Morgan fingerprint density at radius 3 is 2.83 bits per heavy atom. The van der Waals surface area contributed by atoms with Gasteiger partial charge in [0, 0.05) is 23.0 Å². The van der Waals surface area contributed by atoms with Crippen molar-refractivity contribution in [2.75, 3.05) is 0 Å². The Morgan fingerprint density at radius 2 is 2.17 bits per heavy atom. The number of carbonyl (C=O) groups is 2. The summed E-state index contributed by atoms with van der Waals surface area (Å²) in [5, 5.41) is 8.67. The van der Waals surface area contributed by atoms with Crippen LogP contribution in [0.4, 0.5) is 0 Å². The van der Waals surface area contributed by atoms with Crippen LogP contribution >= 0.6 is 0 Å². The van der Waals surface area contributed by atoms with Crippen LogP contribution in [-0.2, 0) is 11.2 Å². The van der Waals surface area contributed by atoms with Gasteiger partial charge in [0.2, 0.25) is 0 Å². The second kappa shape index (κ2) is 4.83. The largest absolute Gasteiger partial charge is 0.481 e. The molecule has 1 aromatic carbocycles. The first-order valence-corrected chi connectivity index (χ1v) is 5.43. The lowest BCUT2D eigenvalue weighted by atomic mass is 10.1. The predicted molar refractivity (Wildman–Crippen MR) is 65.4 cm³/mol. The van der Waals surface area contributed by atoms with E-state index in [-0.39, 0.29) is 12.2 Å². The van der Waals surface area contributed by atoms with E-state index in [0.717, 1.165) is 5.56 Å². The molecule has 2 aromatic rings. The summed E-state index contributed by atoms with van der Waals surface area (Å²) in [6, 6.07) is 7.04. The van der Waals surface area contributed by atoms with Crippen LogP contribution in [0, 0.1) is 0 Å². The van der Waals surface area contributed by atoms with E-state index in [0.29, 0.717) is 17.1 Å². The first-order valence-electron chi connectivity index (χ1n) is 5.43. The SMILES string of the molecule is CC(=O)c1cccc(-c2ncc(CC(=O)O)[nH]2)c1. The van der Waals surface area contributed by atoms with E-state index in [2.05, 4.69) is 9.97 Å². The number of aromatic nitrogens is 2. The summed E-state index contributed by atoms with van der Waals surface area (Å²) < 4.78 is 0. The van der Waals surface area contributed by atoms with E-state index in [1.54, 1.807) is 18.2 Å². The topological polar surface area (TPSA) is 83.1 Å². The molecule has 18 heavy (non-hydrogen) atoms. The van der Waals surface area contributed by atoms with Gasteiger partial charge in [-0.05, 0) is 13.0 Å². The van der Waals surface area contributed by atoms with Crippen molar-refractivity contribution in [1.82, 2.24) is 9.97 Å². The number of carboxylic acids is 1. The molecule has 0 amide bonds. The highest BCUT2D eigenvalue weighted by atomic mass is 16.4. The molecule has 0 fully saturated rings. The molecule has 0 spiro atoms. The van der Waals surface area contributed by atoms with Crippen LogP contribution in [0.25, 0.3) is 11.4 Å². The van der Waals surface area contributed by atoms with Gasteiger partial charge in [-0.25, -0.2) is 4.98 Å². The lowest BCUT2D eigenvalue weighted by molar-refractivity contribution is -0.136. The number of hydrogen-bond acceptors (Lipinski definition) is 3. The smallest absolute Gasteiger partial charge is 0.309 e. The zero-order valence-corrected chi connectivity index (χ0v) is 9.80. The molecule has 1 aromatic heterocycles. The average molecular weight is 244 g/mol. The molecule has 0 atom stereocenters. The minimum atomic E-state index is -0.914. The second-order valence-corrected chi connectivity index (χ2v) is 3.96. The third-order valence-electron chi connectivity index (χ3n) is 2.51. The van der Waals surface area contributed by atoms with E-state index >= 15 is 0 Å². The minimum Gasteiger partial charge on any atom is -0.481 e. The summed E-state index contributed by atoms with van der Waals surface area (Å²) in [4.78, 5) is 28.9. The quantitative estimate of drug-likeness (QED) is 0.805. The third-order valence-corrected chi connectivity index (χ3v) is 2.51. The Bertz CT molecular complexity index is 602. The maximum Gasteiger partial charge on any atom is 0.309 e. The summed E-state index contributed by atoms with van der Waals surface area (Å²) in [5.74, 6) is -0.369. The number of aromatic amines is 1. The van der Waals surface area contributed by atoms with Crippen LogP contribution < -0.4 is 0 Å². The normalized spacial score (nSPS) is 10.3. The standard InChI is InChI=1S/C13H12N2O3/c1-8(16)9-3-2-4-10(5-9)13-14-7-11(15-13)6-12(17)18/h2-5,7H,6H2,1H3,(H,14,15)(H,17,18). The molecule has 0 aliphatic carbocycles. The lowest BCUT2D eigenvalue weighted by Crippen LogP contribution is -1.99. The maximum atomic E-state index is 11.3. The zero-order valence-electron chi connectivity index (χ0n) is 9.80. The van der Waals surface area contributed by atoms with Gasteiger partial charge < -0.3 is 10.1 Å². The Balaban J connectivity index is 2.31. The van der Waals surface area contributed by atoms with Crippen molar-refractivity contribution in [3.63, 3.8) is 0 Å². The van der Waals surface area contributed by atoms with Gasteiger partial charge in [-0.3, -0.25) is 9.59 Å². The van der Waals surface area contributed by atoms with Crippen molar-refractivity contribution in [3.05, 3.63) is 41.7 Å². The van der Waals surface area contributed by atoms with Crippen LogP contribution in [0.2, 0.25) is 0 Å². The van der Waals surface area contributed by atoms with Crippen LogP contribution in [0.15, 0.2) is 30.5 Å². The number of Topliss-reactive ketones (excluding diaryl/α,β-unsaturated/α-hetero) is 1. The average Bonchev–Trinajstić information content (AvgIpc) is 2.77. The molecule has 1 heterocycles. The number of hydrogen-bond donors (Lipinski definition) is 2. The summed E-state index contributed by atoms with van der Waals surface area (Å²) in [5.41, 5.74) is 1.90. The molecule has 0 bridgehead atoms. The molecule has 0 radical (unpaired) electrons. The molecule has 0 aliphatic rings. The molecule has 0 saturated heterocycles. The van der Waals surface area contributed by atoms with Gasteiger partial charge in [0.05, 0.1) is 6.42 Å². The van der Waals surface area contributed by atoms with Crippen LogP contribution in [0.5, 0.6) is 0 Å². The summed E-state index contributed by atoms with van der Waals surface area (Å²) in [6.45, 7) is 1.50. The molecule has 0 saturated carbocycles. The number of nitrogens with zero attached hydrogens (tertiary/aromatic N) is 1. The van der Waals surface area contributed by atoms with Gasteiger partial charge in [-0.1, -0.05) is 18.2 Å². The van der Waals surface area contributed by atoms with Crippen molar-refractivity contribution in [1.29, 1.82) is 0 Å². The molecular formula is C13H12N2O3. The molecule has 2 N–H and O–H groups in total. The first-order chi connectivity index (χ1) is 8.56. The molecule has 0 aliphatic heterocycles. The fourth-order valence-corrected chi connectivity index (χ4v) is 1.64. The Hall–Kier alpha value is -2.43. The summed E-state index contributed by atoms with van der Waals surface area (Å²) in [6.07, 6.45) is 1.39. The van der Waals surface area contributed by atoms with Crippen molar-refractivity contribution < 1.29 is 14.7 Å². The third kappa shape index (κ3) is 2.63. The number of H-pyrrole nitrogens is 1. The lowest BCUT2D eigenvalue weighted by Gasteiger charge is -1.99. The van der Waals surface area contributed by atoms with Gasteiger partial charge in [0.25, 0.3) is 0 Å². The monoisotopic (exact) mass is 244 g/mol. The van der Waals surface area contributed by atoms with Gasteiger partial charge in [0.15, 0.2) is 5.78 Å². The highest BCUT2D eigenvalue weighted by Gasteiger charge is 2.08. The highest BCUT2D eigenvalue weighted by Crippen LogP contribution is 2.17. The molecule has 0 unspecified atom stereocenters. The summed E-state index contributed by atoms with van der Waals surface area (Å²) in [7, 11) is 0. The number of carboxylic acid groups (broad SMARTS) is 1. The van der Waals surface area contributed by atoms with Gasteiger partial charge in [0.1, 0.15) is 5.82 Å².